The summed E-state index contributed by atoms with van der Waals surface area (Å²) in [6.45, 7) is 2.74. The molecular weight excluding hydrogens is 329 g/mol. The van der Waals surface area contributed by atoms with Crippen molar-refractivity contribution in [2.75, 3.05) is 13.6 Å². The fourth-order valence-corrected chi connectivity index (χ4v) is 3.54. The number of rotatable bonds is 6. The third-order valence-corrected chi connectivity index (χ3v) is 4.95. The van der Waals surface area contributed by atoms with Crippen LogP contribution in [0.4, 0.5) is 4.39 Å². The standard InChI is InChI=1S/C21H26FN3O/c1-15-12-17(24-23-15)14-25(2)21(26)13-19(16-8-4-3-5-9-16)18-10-6-7-11-20(18)22/h3-11,15,17,19,23-24H,12-14H2,1-2H3. The number of hydrogen-bond acceptors (Lipinski definition) is 3. The van der Waals surface area contributed by atoms with Gasteiger partial charge >= 0.3 is 0 Å². The number of hydrogen-bond donors (Lipinski definition) is 2. The Labute approximate surface area is 154 Å². The van der Waals surface area contributed by atoms with Crippen molar-refractivity contribution in [1.82, 2.24) is 15.8 Å². The van der Waals surface area contributed by atoms with Gasteiger partial charge in [0.1, 0.15) is 5.82 Å². The topological polar surface area (TPSA) is 44.4 Å². The molecule has 1 amide bonds. The number of nitrogens with zero attached hydrogens (tertiary/aromatic N) is 1. The first kappa shape index (κ1) is 18.5. The van der Waals surface area contributed by atoms with E-state index in [1.165, 1.54) is 6.07 Å². The van der Waals surface area contributed by atoms with Crippen LogP contribution in [0.3, 0.4) is 0 Å². The van der Waals surface area contributed by atoms with E-state index >= 15 is 0 Å². The molecule has 4 nitrogen and oxygen atoms in total. The van der Waals surface area contributed by atoms with Crippen LogP contribution in [0.5, 0.6) is 0 Å². The average molecular weight is 355 g/mol. The normalized spacial score (nSPS) is 20.7. The molecule has 3 rings (SSSR count). The highest BCUT2D eigenvalue weighted by molar-refractivity contribution is 5.77. The Morgan fingerprint density at radius 2 is 1.85 bits per heavy atom. The van der Waals surface area contributed by atoms with E-state index < -0.39 is 0 Å². The summed E-state index contributed by atoms with van der Waals surface area (Å²) in [5, 5.41) is 0. The molecule has 0 aromatic heterocycles. The number of likely N-dealkylation sites (N-methyl/N-ethyl adjacent to an activating group) is 1. The second-order valence-corrected chi connectivity index (χ2v) is 7.09. The van der Waals surface area contributed by atoms with Gasteiger partial charge in [-0.05, 0) is 30.5 Å². The molecular formula is C21H26FN3O. The fraction of sp³-hybridized carbons (Fsp3) is 0.381. The predicted octanol–water partition coefficient (Wildman–Crippen LogP) is 3.06. The van der Waals surface area contributed by atoms with Crippen molar-refractivity contribution in [1.29, 1.82) is 0 Å². The van der Waals surface area contributed by atoms with E-state index in [0.29, 0.717) is 18.2 Å². The van der Waals surface area contributed by atoms with Crippen molar-refractivity contribution >= 4 is 5.91 Å². The number of amides is 1. The Morgan fingerprint density at radius 3 is 2.50 bits per heavy atom. The SMILES string of the molecule is CC1CC(CN(C)C(=O)CC(c2ccccc2)c2ccccc2F)NN1. The molecule has 3 unspecified atom stereocenters. The Hall–Kier alpha value is -2.24. The maximum atomic E-state index is 14.4. The summed E-state index contributed by atoms with van der Waals surface area (Å²) in [7, 11) is 1.82. The van der Waals surface area contributed by atoms with E-state index in [2.05, 4.69) is 17.8 Å². The number of benzene rings is 2. The van der Waals surface area contributed by atoms with Crippen molar-refractivity contribution in [3.63, 3.8) is 0 Å². The minimum atomic E-state index is -0.291. The first-order valence-corrected chi connectivity index (χ1v) is 9.09. The van der Waals surface area contributed by atoms with Crippen molar-refractivity contribution in [2.45, 2.75) is 37.8 Å². The molecule has 2 aromatic rings. The number of nitrogens with one attached hydrogen (secondary N) is 2. The molecule has 0 spiro atoms. The third kappa shape index (κ3) is 4.48. The van der Waals surface area contributed by atoms with Crippen LogP contribution in [0, 0.1) is 5.82 Å². The summed E-state index contributed by atoms with van der Waals surface area (Å²) < 4.78 is 14.4. The van der Waals surface area contributed by atoms with Crippen LogP contribution >= 0.6 is 0 Å². The molecule has 3 atom stereocenters. The van der Waals surface area contributed by atoms with Crippen LogP contribution in [0.25, 0.3) is 0 Å². The van der Waals surface area contributed by atoms with Gasteiger partial charge in [0, 0.05) is 38.0 Å². The minimum absolute atomic E-state index is 0.0171. The van der Waals surface area contributed by atoms with E-state index in [9.17, 15) is 9.18 Å². The summed E-state index contributed by atoms with van der Waals surface area (Å²) in [4.78, 5) is 14.6. The number of carbonyl (C=O) groups is 1. The molecule has 1 fully saturated rings. The lowest BCUT2D eigenvalue weighted by molar-refractivity contribution is -0.130. The lowest BCUT2D eigenvalue weighted by Crippen LogP contribution is -2.41. The Bertz CT molecular complexity index is 737. The molecule has 2 N–H and O–H groups in total. The van der Waals surface area contributed by atoms with Crippen molar-refractivity contribution < 1.29 is 9.18 Å². The van der Waals surface area contributed by atoms with Crippen molar-refractivity contribution in [3.05, 3.63) is 71.5 Å². The number of carbonyl (C=O) groups excluding carboxylic acids is 1. The zero-order valence-corrected chi connectivity index (χ0v) is 15.3. The number of halogens is 1. The van der Waals surface area contributed by atoms with Gasteiger partial charge in [0.25, 0.3) is 0 Å². The molecule has 5 heteroatoms. The van der Waals surface area contributed by atoms with Gasteiger partial charge in [0.2, 0.25) is 5.91 Å². The Morgan fingerprint density at radius 1 is 1.15 bits per heavy atom. The molecule has 0 aliphatic carbocycles. The summed E-state index contributed by atoms with van der Waals surface area (Å²) in [5.41, 5.74) is 7.91. The minimum Gasteiger partial charge on any atom is -0.344 e. The lowest BCUT2D eigenvalue weighted by atomic mass is 9.87. The quantitative estimate of drug-likeness (QED) is 0.837. The highest BCUT2D eigenvalue weighted by Crippen LogP contribution is 2.30. The molecule has 1 saturated heterocycles. The van der Waals surface area contributed by atoms with Gasteiger partial charge in [-0.3, -0.25) is 15.6 Å². The fourth-order valence-electron chi connectivity index (χ4n) is 3.54. The summed E-state index contributed by atoms with van der Waals surface area (Å²) >= 11 is 0. The second-order valence-electron chi connectivity index (χ2n) is 7.09. The van der Waals surface area contributed by atoms with Crippen molar-refractivity contribution in [2.24, 2.45) is 0 Å². The van der Waals surface area contributed by atoms with Crippen LogP contribution in [0.15, 0.2) is 54.6 Å². The van der Waals surface area contributed by atoms with Gasteiger partial charge in [-0.15, -0.1) is 0 Å². The van der Waals surface area contributed by atoms with Crippen molar-refractivity contribution in [3.8, 4) is 0 Å². The summed E-state index contributed by atoms with van der Waals surface area (Å²) in [5.74, 6) is -0.545. The van der Waals surface area contributed by atoms with Gasteiger partial charge in [-0.25, -0.2) is 4.39 Å². The van der Waals surface area contributed by atoms with Crippen LogP contribution in [-0.2, 0) is 4.79 Å². The molecule has 2 aromatic carbocycles. The maximum Gasteiger partial charge on any atom is 0.223 e. The first-order chi connectivity index (χ1) is 12.5. The third-order valence-electron chi connectivity index (χ3n) is 4.95. The van der Waals surface area contributed by atoms with Gasteiger partial charge in [0.15, 0.2) is 0 Å². The van der Waals surface area contributed by atoms with E-state index in [-0.39, 0.29) is 30.1 Å². The molecule has 26 heavy (non-hydrogen) atoms. The number of hydrazine groups is 1. The lowest BCUT2D eigenvalue weighted by Gasteiger charge is -2.24. The van der Waals surface area contributed by atoms with Gasteiger partial charge in [-0.1, -0.05) is 48.5 Å². The summed E-state index contributed by atoms with van der Waals surface area (Å²) in [6.07, 6.45) is 1.23. The van der Waals surface area contributed by atoms with E-state index in [4.69, 9.17) is 0 Å². The van der Waals surface area contributed by atoms with Crippen LogP contribution in [0.1, 0.15) is 36.8 Å². The van der Waals surface area contributed by atoms with Crippen LogP contribution < -0.4 is 10.9 Å². The molecule has 1 aliphatic heterocycles. The largest absolute Gasteiger partial charge is 0.344 e. The summed E-state index contributed by atoms with van der Waals surface area (Å²) in [6, 6.07) is 17.0. The predicted molar refractivity (Wildman–Crippen MR) is 101 cm³/mol. The van der Waals surface area contributed by atoms with E-state index in [0.717, 1.165) is 12.0 Å². The average Bonchev–Trinajstić information content (AvgIpc) is 3.05. The highest BCUT2D eigenvalue weighted by Gasteiger charge is 2.26. The molecule has 1 heterocycles. The van der Waals surface area contributed by atoms with Crippen LogP contribution in [-0.4, -0.2) is 36.5 Å². The smallest absolute Gasteiger partial charge is 0.223 e. The van der Waals surface area contributed by atoms with E-state index in [1.54, 1.807) is 17.0 Å². The van der Waals surface area contributed by atoms with E-state index in [1.807, 2.05) is 43.4 Å². The van der Waals surface area contributed by atoms with Gasteiger partial charge < -0.3 is 4.90 Å². The second kappa shape index (κ2) is 8.43. The first-order valence-electron chi connectivity index (χ1n) is 9.09. The maximum absolute atomic E-state index is 14.4. The van der Waals surface area contributed by atoms with Gasteiger partial charge in [0.05, 0.1) is 0 Å². The molecule has 138 valence electrons. The monoisotopic (exact) mass is 355 g/mol. The van der Waals surface area contributed by atoms with Gasteiger partial charge in [-0.2, -0.15) is 0 Å². The highest BCUT2D eigenvalue weighted by atomic mass is 19.1. The molecule has 0 saturated carbocycles. The Kier molecular flexibility index (Phi) is 6.01. The molecule has 0 radical (unpaired) electrons. The Balaban J connectivity index is 1.75. The molecule has 1 aliphatic rings. The molecule has 0 bridgehead atoms. The zero-order valence-electron chi connectivity index (χ0n) is 15.3. The zero-order chi connectivity index (χ0) is 18.5. The van der Waals surface area contributed by atoms with Crippen LogP contribution in [0.2, 0.25) is 0 Å².